The van der Waals surface area contributed by atoms with Crippen LogP contribution in [0.15, 0.2) is 23.1 Å². The smallest absolute Gasteiger partial charge is 0.338 e. The number of esters is 1. The number of nitrogens with two attached hydrogens (primary N) is 1. The van der Waals surface area contributed by atoms with Crippen molar-refractivity contribution < 1.29 is 22.7 Å². The standard InChI is InChI=1S/C12H17NO5S/c1-12(2,3)18-11(14)8-5-6-9(17-4)10(7-8)19(13,15)16/h5-7H,1-4H3,(H2,13,15,16). The van der Waals surface area contributed by atoms with Crippen LogP contribution in [0.5, 0.6) is 5.75 Å². The highest BCUT2D eigenvalue weighted by Crippen LogP contribution is 2.24. The van der Waals surface area contributed by atoms with E-state index in [4.69, 9.17) is 14.6 Å². The molecule has 0 aliphatic heterocycles. The molecule has 0 heterocycles. The minimum atomic E-state index is -3.98. The zero-order valence-corrected chi connectivity index (χ0v) is 12.1. The molecule has 19 heavy (non-hydrogen) atoms. The number of primary sulfonamides is 1. The zero-order valence-electron chi connectivity index (χ0n) is 11.3. The predicted molar refractivity (Wildman–Crippen MR) is 69.5 cm³/mol. The number of methoxy groups -OCH3 is 1. The van der Waals surface area contributed by atoms with Crippen LogP contribution in [-0.4, -0.2) is 27.1 Å². The van der Waals surface area contributed by atoms with Crippen LogP contribution >= 0.6 is 0 Å². The maximum atomic E-state index is 11.8. The molecule has 7 heteroatoms. The Balaban J connectivity index is 3.23. The highest BCUT2D eigenvalue weighted by Gasteiger charge is 2.22. The molecule has 0 saturated carbocycles. The highest BCUT2D eigenvalue weighted by molar-refractivity contribution is 7.89. The Hall–Kier alpha value is -1.60. The Morgan fingerprint density at radius 3 is 2.26 bits per heavy atom. The van der Waals surface area contributed by atoms with Gasteiger partial charge in [0.25, 0.3) is 0 Å². The van der Waals surface area contributed by atoms with Crippen molar-refractivity contribution in [2.24, 2.45) is 5.14 Å². The fourth-order valence-corrected chi connectivity index (χ4v) is 2.09. The number of carbonyl (C=O) groups is 1. The molecular formula is C12H17NO5S. The number of hydrogen-bond acceptors (Lipinski definition) is 5. The van der Waals surface area contributed by atoms with Crippen molar-refractivity contribution in [2.45, 2.75) is 31.3 Å². The third-order valence-electron chi connectivity index (χ3n) is 2.10. The van der Waals surface area contributed by atoms with Crippen LogP contribution in [0.2, 0.25) is 0 Å². The molecule has 0 atom stereocenters. The summed E-state index contributed by atoms with van der Waals surface area (Å²) in [6.45, 7) is 5.15. The monoisotopic (exact) mass is 287 g/mol. The first-order valence-electron chi connectivity index (χ1n) is 5.49. The van der Waals surface area contributed by atoms with Gasteiger partial charge in [0.1, 0.15) is 16.2 Å². The summed E-state index contributed by atoms with van der Waals surface area (Å²) >= 11 is 0. The zero-order chi connectivity index (χ0) is 14.8. The Morgan fingerprint density at radius 1 is 1.26 bits per heavy atom. The molecule has 0 saturated heterocycles. The van der Waals surface area contributed by atoms with Crippen LogP contribution < -0.4 is 9.88 Å². The molecule has 0 aromatic heterocycles. The fourth-order valence-electron chi connectivity index (χ4n) is 1.36. The molecular weight excluding hydrogens is 270 g/mol. The number of carbonyl (C=O) groups excluding carboxylic acids is 1. The average Bonchev–Trinajstić information content (AvgIpc) is 2.24. The lowest BCUT2D eigenvalue weighted by Crippen LogP contribution is -2.24. The third kappa shape index (κ3) is 4.22. The number of benzene rings is 1. The van der Waals surface area contributed by atoms with Gasteiger partial charge in [-0.3, -0.25) is 0 Å². The van der Waals surface area contributed by atoms with E-state index in [9.17, 15) is 13.2 Å². The Bertz CT molecular complexity index is 587. The lowest BCUT2D eigenvalue weighted by atomic mass is 10.1. The van der Waals surface area contributed by atoms with Gasteiger partial charge < -0.3 is 9.47 Å². The van der Waals surface area contributed by atoms with E-state index in [2.05, 4.69) is 0 Å². The summed E-state index contributed by atoms with van der Waals surface area (Å²) < 4.78 is 32.9. The minimum Gasteiger partial charge on any atom is -0.495 e. The molecule has 0 fully saturated rings. The molecule has 1 aromatic carbocycles. The van der Waals surface area contributed by atoms with E-state index in [1.165, 1.54) is 19.2 Å². The van der Waals surface area contributed by atoms with Gasteiger partial charge in [-0.25, -0.2) is 18.4 Å². The largest absolute Gasteiger partial charge is 0.495 e. The van der Waals surface area contributed by atoms with Crippen LogP contribution in [0, 0.1) is 0 Å². The molecule has 106 valence electrons. The normalized spacial score (nSPS) is 12.1. The van der Waals surface area contributed by atoms with Crippen molar-refractivity contribution in [2.75, 3.05) is 7.11 Å². The summed E-state index contributed by atoms with van der Waals surface area (Å²) in [5, 5.41) is 5.07. The van der Waals surface area contributed by atoms with Crippen molar-refractivity contribution in [1.82, 2.24) is 0 Å². The van der Waals surface area contributed by atoms with Crippen LogP contribution in [0.25, 0.3) is 0 Å². The molecule has 2 N–H and O–H groups in total. The number of sulfonamides is 1. The average molecular weight is 287 g/mol. The van der Waals surface area contributed by atoms with Gasteiger partial charge in [-0.15, -0.1) is 0 Å². The molecule has 0 unspecified atom stereocenters. The minimum absolute atomic E-state index is 0.0785. The van der Waals surface area contributed by atoms with E-state index in [0.717, 1.165) is 6.07 Å². The lowest BCUT2D eigenvalue weighted by molar-refractivity contribution is 0.00692. The topological polar surface area (TPSA) is 95.7 Å². The second-order valence-electron chi connectivity index (χ2n) is 4.91. The second-order valence-corrected chi connectivity index (χ2v) is 6.44. The number of rotatable bonds is 3. The van der Waals surface area contributed by atoms with Crippen molar-refractivity contribution in [1.29, 1.82) is 0 Å². The summed E-state index contributed by atoms with van der Waals surface area (Å²) in [5.41, 5.74) is -0.571. The lowest BCUT2D eigenvalue weighted by Gasteiger charge is -2.19. The first kappa shape index (κ1) is 15.5. The maximum absolute atomic E-state index is 11.8. The van der Waals surface area contributed by atoms with Gasteiger partial charge in [-0.2, -0.15) is 0 Å². The molecule has 1 aromatic rings. The van der Waals surface area contributed by atoms with Gasteiger partial charge in [0, 0.05) is 0 Å². The van der Waals surface area contributed by atoms with Gasteiger partial charge in [-0.05, 0) is 39.0 Å². The number of ether oxygens (including phenoxy) is 2. The highest BCUT2D eigenvalue weighted by atomic mass is 32.2. The molecule has 0 spiro atoms. The summed E-state index contributed by atoms with van der Waals surface area (Å²) in [5.74, 6) is -0.546. The van der Waals surface area contributed by atoms with Crippen molar-refractivity contribution >= 4 is 16.0 Å². The number of hydrogen-bond donors (Lipinski definition) is 1. The summed E-state index contributed by atoms with van der Waals surface area (Å²) in [6, 6.07) is 3.92. The SMILES string of the molecule is COc1ccc(C(=O)OC(C)(C)C)cc1S(N)(=O)=O. The first-order valence-corrected chi connectivity index (χ1v) is 7.03. The van der Waals surface area contributed by atoms with Gasteiger partial charge >= 0.3 is 5.97 Å². The van der Waals surface area contributed by atoms with Crippen molar-refractivity contribution in [3.8, 4) is 5.75 Å². The maximum Gasteiger partial charge on any atom is 0.338 e. The molecule has 1 rings (SSSR count). The summed E-state index contributed by atoms with van der Waals surface area (Å²) in [6.07, 6.45) is 0. The summed E-state index contributed by atoms with van der Waals surface area (Å²) in [4.78, 5) is 11.6. The van der Waals surface area contributed by atoms with Crippen LogP contribution in [-0.2, 0) is 14.8 Å². The Morgan fingerprint density at radius 2 is 1.84 bits per heavy atom. The second kappa shape index (κ2) is 5.18. The van der Waals surface area contributed by atoms with E-state index >= 15 is 0 Å². The first-order chi connectivity index (χ1) is 8.54. The van der Waals surface area contributed by atoms with Gasteiger partial charge in [0.15, 0.2) is 0 Å². The molecule has 0 bridgehead atoms. The molecule has 0 aliphatic carbocycles. The Labute approximate surface area is 112 Å². The third-order valence-corrected chi connectivity index (χ3v) is 3.04. The van der Waals surface area contributed by atoms with Gasteiger partial charge in [0.05, 0.1) is 12.7 Å². The van der Waals surface area contributed by atoms with Crippen LogP contribution in [0.1, 0.15) is 31.1 Å². The van der Waals surface area contributed by atoms with E-state index in [0.29, 0.717) is 0 Å². The molecule has 0 aliphatic rings. The predicted octanol–water partition coefficient (Wildman–Crippen LogP) is 1.30. The van der Waals surface area contributed by atoms with Crippen LogP contribution in [0.4, 0.5) is 0 Å². The fraction of sp³-hybridized carbons (Fsp3) is 0.417. The Kier molecular flexibility index (Phi) is 4.21. The van der Waals surface area contributed by atoms with Gasteiger partial charge in [-0.1, -0.05) is 0 Å². The molecule has 0 radical (unpaired) electrons. The van der Waals surface area contributed by atoms with E-state index < -0.39 is 21.6 Å². The quantitative estimate of drug-likeness (QED) is 0.845. The van der Waals surface area contributed by atoms with E-state index in [1.807, 2.05) is 0 Å². The van der Waals surface area contributed by atoms with Gasteiger partial charge in [0.2, 0.25) is 10.0 Å². The van der Waals surface area contributed by atoms with Crippen molar-refractivity contribution in [3.05, 3.63) is 23.8 Å². The van der Waals surface area contributed by atoms with Crippen LogP contribution in [0.3, 0.4) is 0 Å². The molecule has 0 amide bonds. The van der Waals surface area contributed by atoms with E-state index in [1.54, 1.807) is 20.8 Å². The van der Waals surface area contributed by atoms with Crippen molar-refractivity contribution in [3.63, 3.8) is 0 Å². The molecule has 6 nitrogen and oxygen atoms in total. The summed E-state index contributed by atoms with van der Waals surface area (Å²) in [7, 11) is -2.66. The van der Waals surface area contributed by atoms with E-state index in [-0.39, 0.29) is 16.2 Å².